The highest BCUT2D eigenvalue weighted by molar-refractivity contribution is 7.18. The molecule has 6 heteroatoms. The minimum atomic E-state index is -0.928. The first-order valence-electron chi connectivity index (χ1n) is 7.11. The van der Waals surface area contributed by atoms with Crippen LogP contribution in [0.1, 0.15) is 10.4 Å². The van der Waals surface area contributed by atoms with Gasteiger partial charge in [0.1, 0.15) is 5.82 Å². The van der Waals surface area contributed by atoms with E-state index in [2.05, 4.69) is 16.3 Å². The molecule has 0 spiro atoms. The molecular formula is C16H14N2O3S. The fourth-order valence-electron chi connectivity index (χ4n) is 2.83. The molecule has 1 fully saturated rings. The van der Waals surface area contributed by atoms with E-state index in [4.69, 9.17) is 9.72 Å². The van der Waals surface area contributed by atoms with Gasteiger partial charge in [0, 0.05) is 28.6 Å². The minimum absolute atomic E-state index is 0.267. The van der Waals surface area contributed by atoms with E-state index in [0.29, 0.717) is 13.2 Å². The zero-order valence-electron chi connectivity index (χ0n) is 11.8. The van der Waals surface area contributed by atoms with Crippen LogP contribution in [0, 0.1) is 0 Å². The van der Waals surface area contributed by atoms with Crippen molar-refractivity contribution in [1.82, 2.24) is 4.98 Å². The molecule has 3 heterocycles. The van der Waals surface area contributed by atoms with Crippen LogP contribution in [0.15, 0.2) is 29.6 Å². The van der Waals surface area contributed by atoms with Gasteiger partial charge in [-0.3, -0.25) is 0 Å². The lowest BCUT2D eigenvalue weighted by Gasteiger charge is -2.28. The summed E-state index contributed by atoms with van der Waals surface area (Å²) in [5, 5.41) is 13.4. The van der Waals surface area contributed by atoms with Crippen molar-refractivity contribution in [3.05, 3.63) is 35.2 Å². The average Bonchev–Trinajstić information content (AvgIpc) is 3.04. The molecule has 5 nitrogen and oxygen atoms in total. The largest absolute Gasteiger partial charge is 0.478 e. The SMILES string of the molecule is O=C(O)c1ccc2c(c1)nc(N1CCOCC1)c1ccsc12. The molecular weight excluding hydrogens is 300 g/mol. The fourth-order valence-corrected chi connectivity index (χ4v) is 3.76. The van der Waals surface area contributed by atoms with Crippen molar-refractivity contribution in [1.29, 1.82) is 0 Å². The second-order valence-corrected chi connectivity index (χ2v) is 6.15. The van der Waals surface area contributed by atoms with E-state index in [-0.39, 0.29) is 5.56 Å². The van der Waals surface area contributed by atoms with Gasteiger partial charge in [-0.15, -0.1) is 11.3 Å². The molecule has 0 bridgehead atoms. The number of morpholine rings is 1. The van der Waals surface area contributed by atoms with Crippen molar-refractivity contribution < 1.29 is 14.6 Å². The van der Waals surface area contributed by atoms with Gasteiger partial charge in [0.25, 0.3) is 0 Å². The van der Waals surface area contributed by atoms with Crippen molar-refractivity contribution in [2.45, 2.75) is 0 Å². The lowest BCUT2D eigenvalue weighted by molar-refractivity contribution is 0.0697. The van der Waals surface area contributed by atoms with Crippen LogP contribution < -0.4 is 4.90 Å². The maximum Gasteiger partial charge on any atom is 0.335 e. The monoisotopic (exact) mass is 314 g/mol. The van der Waals surface area contributed by atoms with Crippen molar-refractivity contribution in [3.8, 4) is 0 Å². The van der Waals surface area contributed by atoms with Gasteiger partial charge in [0.15, 0.2) is 0 Å². The van der Waals surface area contributed by atoms with Gasteiger partial charge in [-0.1, -0.05) is 6.07 Å². The molecule has 0 unspecified atom stereocenters. The maximum atomic E-state index is 11.2. The van der Waals surface area contributed by atoms with Crippen LogP contribution in [0.3, 0.4) is 0 Å². The summed E-state index contributed by atoms with van der Waals surface area (Å²) in [4.78, 5) is 18.2. The molecule has 1 N–H and O–H groups in total. The normalized spacial score (nSPS) is 15.5. The van der Waals surface area contributed by atoms with Crippen molar-refractivity contribution in [3.63, 3.8) is 0 Å². The molecule has 3 aromatic rings. The Hall–Kier alpha value is -2.18. The van der Waals surface area contributed by atoms with Crippen LogP contribution in [0.25, 0.3) is 21.0 Å². The molecule has 1 aliphatic rings. The van der Waals surface area contributed by atoms with Gasteiger partial charge < -0.3 is 14.7 Å². The molecule has 1 saturated heterocycles. The van der Waals surface area contributed by atoms with Crippen LogP contribution >= 0.6 is 11.3 Å². The number of hydrogen-bond acceptors (Lipinski definition) is 5. The van der Waals surface area contributed by atoms with Crippen LogP contribution in [0.2, 0.25) is 0 Å². The third-order valence-corrected chi connectivity index (χ3v) is 4.88. The summed E-state index contributed by atoms with van der Waals surface area (Å²) < 4.78 is 6.56. The second-order valence-electron chi connectivity index (χ2n) is 5.24. The number of hydrogen-bond donors (Lipinski definition) is 1. The molecule has 112 valence electrons. The van der Waals surface area contributed by atoms with E-state index in [1.807, 2.05) is 6.07 Å². The van der Waals surface area contributed by atoms with Gasteiger partial charge in [-0.05, 0) is 23.6 Å². The summed E-state index contributed by atoms with van der Waals surface area (Å²) in [5.41, 5.74) is 1.00. The van der Waals surface area contributed by atoms with E-state index in [9.17, 15) is 9.90 Å². The van der Waals surface area contributed by atoms with Crippen molar-refractivity contribution in [2.75, 3.05) is 31.2 Å². The number of ether oxygens (including phenoxy) is 1. The number of carboxylic acid groups (broad SMARTS) is 1. The van der Waals surface area contributed by atoms with E-state index >= 15 is 0 Å². The van der Waals surface area contributed by atoms with Crippen molar-refractivity contribution >= 4 is 44.1 Å². The first-order chi connectivity index (χ1) is 10.7. The lowest BCUT2D eigenvalue weighted by atomic mass is 10.1. The summed E-state index contributed by atoms with van der Waals surface area (Å²) in [6.07, 6.45) is 0. The molecule has 0 atom stereocenters. The third kappa shape index (κ3) is 2.12. The molecule has 22 heavy (non-hydrogen) atoms. The van der Waals surface area contributed by atoms with Crippen LogP contribution in [-0.2, 0) is 4.74 Å². The molecule has 1 aliphatic heterocycles. The number of rotatable bonds is 2. The summed E-state index contributed by atoms with van der Waals surface area (Å²) in [7, 11) is 0. The Labute approximate surface area is 130 Å². The first-order valence-corrected chi connectivity index (χ1v) is 7.99. The fraction of sp³-hybridized carbons (Fsp3) is 0.250. The maximum absolute atomic E-state index is 11.2. The van der Waals surface area contributed by atoms with Crippen LogP contribution in [-0.4, -0.2) is 42.4 Å². The summed E-state index contributed by atoms with van der Waals surface area (Å²) in [6, 6.07) is 7.23. The number of pyridine rings is 1. The number of aromatic carboxylic acids is 1. The smallest absolute Gasteiger partial charge is 0.335 e. The van der Waals surface area contributed by atoms with E-state index in [0.717, 1.165) is 39.9 Å². The van der Waals surface area contributed by atoms with E-state index in [1.165, 1.54) is 0 Å². The van der Waals surface area contributed by atoms with Crippen LogP contribution in [0.4, 0.5) is 5.82 Å². The molecule has 4 rings (SSSR count). The standard InChI is InChI=1S/C16H14N2O3S/c19-16(20)10-1-2-11-13(9-10)17-15(12-3-8-22-14(11)12)18-4-6-21-7-5-18/h1-3,8-9H,4-7H2,(H,19,20). The highest BCUT2D eigenvalue weighted by Crippen LogP contribution is 2.35. The van der Waals surface area contributed by atoms with E-state index in [1.54, 1.807) is 23.5 Å². The topological polar surface area (TPSA) is 62.7 Å². The number of fused-ring (bicyclic) bond motifs is 3. The Morgan fingerprint density at radius 3 is 2.82 bits per heavy atom. The number of anilines is 1. The molecule has 2 aromatic heterocycles. The molecule has 0 saturated carbocycles. The molecule has 0 aliphatic carbocycles. The number of carboxylic acids is 1. The molecule has 0 radical (unpaired) electrons. The lowest BCUT2D eigenvalue weighted by Crippen LogP contribution is -2.36. The minimum Gasteiger partial charge on any atom is -0.478 e. The summed E-state index contributed by atoms with van der Waals surface area (Å²) in [5.74, 6) is -0.00233. The summed E-state index contributed by atoms with van der Waals surface area (Å²) in [6.45, 7) is 3.01. The number of thiophene rings is 1. The quantitative estimate of drug-likeness (QED) is 0.788. The predicted molar refractivity (Wildman–Crippen MR) is 87.1 cm³/mol. The summed E-state index contributed by atoms with van der Waals surface area (Å²) >= 11 is 1.66. The Bertz CT molecular complexity index is 868. The highest BCUT2D eigenvalue weighted by atomic mass is 32.1. The predicted octanol–water partition coefficient (Wildman–Crippen LogP) is 2.98. The average molecular weight is 314 g/mol. The van der Waals surface area contributed by atoms with Crippen LogP contribution in [0.5, 0.6) is 0 Å². The van der Waals surface area contributed by atoms with Gasteiger partial charge in [0.2, 0.25) is 0 Å². The highest BCUT2D eigenvalue weighted by Gasteiger charge is 2.18. The molecule has 1 aromatic carbocycles. The number of benzene rings is 1. The Morgan fingerprint density at radius 1 is 1.23 bits per heavy atom. The second kappa shape index (κ2) is 5.23. The van der Waals surface area contributed by atoms with Gasteiger partial charge >= 0.3 is 5.97 Å². The van der Waals surface area contributed by atoms with E-state index < -0.39 is 5.97 Å². The van der Waals surface area contributed by atoms with Gasteiger partial charge in [-0.2, -0.15) is 0 Å². The number of nitrogens with zero attached hydrogens (tertiary/aromatic N) is 2. The zero-order valence-corrected chi connectivity index (χ0v) is 12.6. The third-order valence-electron chi connectivity index (χ3n) is 3.93. The molecule has 0 amide bonds. The Balaban J connectivity index is 1.97. The number of aromatic nitrogens is 1. The Kier molecular flexibility index (Phi) is 3.20. The van der Waals surface area contributed by atoms with Crippen molar-refractivity contribution in [2.24, 2.45) is 0 Å². The Morgan fingerprint density at radius 2 is 2.05 bits per heavy atom. The first kappa shape index (κ1) is 13.5. The van der Waals surface area contributed by atoms with Gasteiger partial charge in [-0.25, -0.2) is 9.78 Å². The number of carbonyl (C=O) groups is 1. The zero-order chi connectivity index (χ0) is 15.1. The van der Waals surface area contributed by atoms with Gasteiger partial charge in [0.05, 0.1) is 24.3 Å².